The molecule has 0 aliphatic heterocycles. The summed E-state index contributed by atoms with van der Waals surface area (Å²) in [6.45, 7) is 1.55. The van der Waals surface area contributed by atoms with Crippen molar-refractivity contribution in [2.45, 2.75) is 18.7 Å². The van der Waals surface area contributed by atoms with Crippen LogP contribution in [-0.4, -0.2) is 24.3 Å². The molecule has 0 aromatic heterocycles. The largest absolute Gasteiger partial charge is 0.370 e. The molecule has 0 amide bonds. The van der Waals surface area contributed by atoms with Gasteiger partial charge in [0.1, 0.15) is 0 Å². The molecule has 0 aromatic rings. The van der Waals surface area contributed by atoms with Gasteiger partial charge in [0.2, 0.25) is 0 Å². The molecule has 66 valence electrons. The van der Waals surface area contributed by atoms with Gasteiger partial charge in [-0.05, 0) is 6.42 Å². The highest BCUT2D eigenvalue weighted by atomic mass is 32.2. The summed E-state index contributed by atoms with van der Waals surface area (Å²) < 4.78 is 29.4. The summed E-state index contributed by atoms with van der Waals surface area (Å²) >= 11 is 0. The van der Waals surface area contributed by atoms with E-state index in [4.69, 9.17) is 16.0 Å². The van der Waals surface area contributed by atoms with E-state index in [1.807, 2.05) is 0 Å². The zero-order valence-electron chi connectivity index (χ0n) is 6.06. The minimum Gasteiger partial charge on any atom is -0.370 e. The molecule has 0 aromatic carbocycles. The average molecular weight is 181 g/mol. The third kappa shape index (κ3) is 3.79. The lowest BCUT2D eigenvalue weighted by Gasteiger charge is -2.04. The van der Waals surface area contributed by atoms with Gasteiger partial charge in [0.15, 0.2) is 11.3 Å². The van der Waals surface area contributed by atoms with Crippen molar-refractivity contribution in [3.63, 3.8) is 0 Å². The molecule has 0 fully saturated rings. The zero-order chi connectivity index (χ0) is 9.07. The van der Waals surface area contributed by atoms with E-state index in [9.17, 15) is 8.42 Å². The van der Waals surface area contributed by atoms with Crippen molar-refractivity contribution in [3.05, 3.63) is 0 Å². The van der Waals surface area contributed by atoms with E-state index in [-0.39, 0.29) is 12.4 Å². The molecule has 0 bridgehead atoms. The van der Waals surface area contributed by atoms with Crippen molar-refractivity contribution in [1.82, 2.24) is 0 Å². The molecular formula is C4H11N3O3S. The Bertz CT molecular complexity index is 241. The molecule has 0 rings (SSSR count). The maximum absolute atomic E-state index is 10.4. The second-order valence-electron chi connectivity index (χ2n) is 1.93. The van der Waals surface area contributed by atoms with Crippen molar-refractivity contribution in [2.24, 2.45) is 16.5 Å². The van der Waals surface area contributed by atoms with Crippen LogP contribution in [0.1, 0.15) is 13.3 Å². The van der Waals surface area contributed by atoms with Gasteiger partial charge in [-0.3, -0.25) is 4.55 Å². The van der Waals surface area contributed by atoms with E-state index < -0.39 is 15.5 Å². The van der Waals surface area contributed by atoms with Gasteiger partial charge < -0.3 is 11.5 Å². The van der Waals surface area contributed by atoms with Crippen LogP contribution < -0.4 is 11.5 Å². The number of guanidine groups is 1. The Hall–Kier alpha value is -0.820. The van der Waals surface area contributed by atoms with Crippen molar-refractivity contribution >= 4 is 16.1 Å². The molecule has 0 aliphatic carbocycles. The van der Waals surface area contributed by atoms with E-state index in [0.29, 0.717) is 0 Å². The van der Waals surface area contributed by atoms with Crippen LogP contribution in [-0.2, 0) is 10.1 Å². The van der Waals surface area contributed by atoms with Crippen molar-refractivity contribution < 1.29 is 13.0 Å². The lowest BCUT2D eigenvalue weighted by atomic mass is 10.5. The van der Waals surface area contributed by atoms with Gasteiger partial charge in [0.25, 0.3) is 10.1 Å². The number of nitrogens with two attached hydrogens (primary N) is 2. The molecule has 0 saturated carbocycles. The van der Waals surface area contributed by atoms with Crippen LogP contribution in [0.2, 0.25) is 0 Å². The first-order valence-electron chi connectivity index (χ1n) is 2.93. The van der Waals surface area contributed by atoms with Crippen LogP contribution >= 0.6 is 0 Å². The highest BCUT2D eigenvalue weighted by Gasteiger charge is 2.19. The Balaban J connectivity index is 4.58. The Labute approximate surface area is 65.0 Å². The molecule has 0 aliphatic rings. The van der Waals surface area contributed by atoms with E-state index in [2.05, 4.69) is 4.99 Å². The molecule has 0 heterocycles. The Morgan fingerprint density at radius 1 is 1.64 bits per heavy atom. The predicted octanol–water partition coefficient (Wildman–Crippen LogP) is -1.12. The fraction of sp³-hybridized carbons (Fsp3) is 0.750. The summed E-state index contributed by atoms with van der Waals surface area (Å²) in [7, 11) is -4.16. The third-order valence-electron chi connectivity index (χ3n) is 0.986. The molecular weight excluding hydrogens is 170 g/mol. The van der Waals surface area contributed by atoms with E-state index >= 15 is 0 Å². The first-order valence-corrected chi connectivity index (χ1v) is 4.43. The first kappa shape index (κ1) is 10.2. The minimum absolute atomic E-state index is 0.136. The van der Waals surface area contributed by atoms with Crippen molar-refractivity contribution in [3.8, 4) is 0 Å². The summed E-state index contributed by atoms with van der Waals surface area (Å²) in [4.78, 5) is 3.30. The van der Waals surface area contributed by atoms with Crippen LogP contribution in [0, 0.1) is 0 Å². The van der Waals surface area contributed by atoms with Gasteiger partial charge in [0.05, 0.1) is 0 Å². The smallest absolute Gasteiger partial charge is 0.288 e. The molecule has 5 N–H and O–H groups in total. The van der Waals surface area contributed by atoms with Crippen LogP contribution in [0.5, 0.6) is 0 Å². The quantitative estimate of drug-likeness (QED) is 0.289. The molecule has 11 heavy (non-hydrogen) atoms. The predicted molar refractivity (Wildman–Crippen MR) is 41.4 cm³/mol. The molecule has 0 spiro atoms. The normalized spacial score (nSPS) is 14.0. The highest BCUT2D eigenvalue weighted by molar-refractivity contribution is 7.86. The fourth-order valence-corrected chi connectivity index (χ4v) is 1.21. The monoisotopic (exact) mass is 181 g/mol. The summed E-state index contributed by atoms with van der Waals surface area (Å²) in [5.41, 5.74) is 9.84. The molecule has 0 radical (unpaired) electrons. The topological polar surface area (TPSA) is 119 Å². The fourth-order valence-electron chi connectivity index (χ4n) is 0.535. The van der Waals surface area contributed by atoms with Gasteiger partial charge in [-0.15, -0.1) is 0 Å². The summed E-state index contributed by atoms with van der Waals surface area (Å²) in [6.07, 6.45) is 0.136. The molecule has 1 atom stereocenters. The maximum atomic E-state index is 10.4. The second kappa shape index (κ2) is 3.54. The van der Waals surface area contributed by atoms with Gasteiger partial charge in [-0.1, -0.05) is 6.92 Å². The number of rotatable bonds is 3. The average Bonchev–Trinajstić information content (AvgIpc) is 1.79. The lowest BCUT2D eigenvalue weighted by molar-refractivity contribution is 0.466. The Kier molecular flexibility index (Phi) is 3.27. The van der Waals surface area contributed by atoms with E-state index in [0.717, 1.165) is 0 Å². The standard InChI is InChI=1S/C4H11N3O3S/c1-2-3(7-4(5)6)11(8,9)10/h3H,2H2,1H3,(H4,5,6,7)(H,8,9,10). The number of hydrogen-bond donors (Lipinski definition) is 3. The van der Waals surface area contributed by atoms with Gasteiger partial charge in [-0.25, -0.2) is 4.99 Å². The lowest BCUT2D eigenvalue weighted by Crippen LogP contribution is -2.28. The minimum atomic E-state index is -4.16. The second-order valence-corrected chi connectivity index (χ2v) is 3.51. The van der Waals surface area contributed by atoms with Crippen LogP contribution in [0.3, 0.4) is 0 Å². The zero-order valence-corrected chi connectivity index (χ0v) is 6.87. The maximum Gasteiger partial charge on any atom is 0.288 e. The van der Waals surface area contributed by atoms with E-state index in [1.165, 1.54) is 0 Å². The van der Waals surface area contributed by atoms with Gasteiger partial charge in [-0.2, -0.15) is 8.42 Å². The van der Waals surface area contributed by atoms with Crippen molar-refractivity contribution in [1.29, 1.82) is 0 Å². The summed E-state index contributed by atoms with van der Waals surface area (Å²) in [5, 5.41) is -1.24. The number of hydrogen-bond acceptors (Lipinski definition) is 3. The first-order chi connectivity index (χ1) is 4.88. The third-order valence-corrected chi connectivity index (χ3v) is 2.11. The Morgan fingerprint density at radius 3 is 2.18 bits per heavy atom. The Morgan fingerprint density at radius 2 is 2.09 bits per heavy atom. The number of nitrogens with zero attached hydrogens (tertiary/aromatic N) is 1. The molecule has 7 heteroatoms. The SMILES string of the molecule is CCC(N=C(N)N)S(=O)(=O)O. The molecule has 0 saturated heterocycles. The molecule has 1 unspecified atom stereocenters. The number of aliphatic imine (C=N–C) groups is 1. The van der Waals surface area contributed by atoms with Crippen molar-refractivity contribution in [2.75, 3.05) is 0 Å². The molecule has 6 nitrogen and oxygen atoms in total. The van der Waals surface area contributed by atoms with Gasteiger partial charge in [0, 0.05) is 0 Å². The van der Waals surface area contributed by atoms with Crippen LogP contribution in [0.25, 0.3) is 0 Å². The summed E-state index contributed by atoms with van der Waals surface area (Å²) in [5.74, 6) is -0.352. The van der Waals surface area contributed by atoms with Crippen LogP contribution in [0.4, 0.5) is 0 Å². The highest BCUT2D eigenvalue weighted by Crippen LogP contribution is 2.03. The van der Waals surface area contributed by atoms with Crippen LogP contribution in [0.15, 0.2) is 4.99 Å². The van der Waals surface area contributed by atoms with Gasteiger partial charge >= 0.3 is 0 Å². The van der Waals surface area contributed by atoms with E-state index in [1.54, 1.807) is 6.92 Å². The summed E-state index contributed by atoms with van der Waals surface area (Å²) in [6, 6.07) is 0.